The molecule has 6 nitrogen and oxygen atoms in total. The highest BCUT2D eigenvalue weighted by Gasteiger charge is 2.45. The summed E-state index contributed by atoms with van der Waals surface area (Å²) in [4.78, 5) is 24.5. The summed E-state index contributed by atoms with van der Waals surface area (Å²) in [7, 11) is 0. The van der Waals surface area contributed by atoms with Gasteiger partial charge in [-0.05, 0) is 65.2 Å². The van der Waals surface area contributed by atoms with Crippen molar-refractivity contribution in [3.8, 4) is 0 Å². The number of amides is 1. The molecule has 1 atom stereocenters. The SMILES string of the molecule is CCC=CCC=CCC=CCC=CCC=CCC=CCCC(=O)OCCCNC(=O)[C@H]1OC(C)(C)OCC1(C)C. The third kappa shape index (κ3) is 17.8. The zero-order valence-corrected chi connectivity index (χ0v) is 25.5. The van der Waals surface area contributed by atoms with E-state index in [2.05, 4.69) is 79.1 Å². The van der Waals surface area contributed by atoms with Crippen LogP contribution in [0.4, 0.5) is 0 Å². The monoisotopic (exact) mass is 555 g/mol. The van der Waals surface area contributed by atoms with Gasteiger partial charge in [-0.1, -0.05) is 93.7 Å². The van der Waals surface area contributed by atoms with E-state index in [0.717, 1.165) is 38.5 Å². The molecule has 0 saturated carbocycles. The lowest BCUT2D eigenvalue weighted by Crippen LogP contribution is -2.56. The number of rotatable bonds is 19. The first-order chi connectivity index (χ1) is 19.2. The molecule has 0 spiro atoms. The quantitative estimate of drug-likeness (QED) is 0.100. The summed E-state index contributed by atoms with van der Waals surface area (Å²) in [5.74, 6) is -1.16. The molecule has 1 aliphatic rings. The molecule has 0 radical (unpaired) electrons. The Bertz CT molecular complexity index is 892. The fraction of sp³-hybridized carbons (Fsp3) is 0.588. The maximum Gasteiger partial charge on any atom is 0.306 e. The summed E-state index contributed by atoms with van der Waals surface area (Å²) in [5, 5.41) is 2.89. The summed E-state index contributed by atoms with van der Waals surface area (Å²) in [6.45, 7) is 10.8. The van der Waals surface area contributed by atoms with Crippen LogP contribution in [0.5, 0.6) is 0 Å². The van der Waals surface area contributed by atoms with Gasteiger partial charge in [0.15, 0.2) is 5.79 Å². The van der Waals surface area contributed by atoms with Crippen molar-refractivity contribution in [2.45, 2.75) is 104 Å². The van der Waals surface area contributed by atoms with Crippen LogP contribution in [-0.2, 0) is 23.8 Å². The molecule has 1 saturated heterocycles. The van der Waals surface area contributed by atoms with Gasteiger partial charge in [0, 0.05) is 18.4 Å². The van der Waals surface area contributed by atoms with Crippen LogP contribution in [0.3, 0.4) is 0 Å². The molecule has 0 aliphatic carbocycles. The molecule has 224 valence electrons. The third-order valence-corrected chi connectivity index (χ3v) is 6.14. The van der Waals surface area contributed by atoms with Crippen LogP contribution in [0.25, 0.3) is 0 Å². The lowest BCUT2D eigenvalue weighted by Gasteiger charge is -2.44. The number of esters is 1. The van der Waals surface area contributed by atoms with Gasteiger partial charge >= 0.3 is 5.97 Å². The van der Waals surface area contributed by atoms with E-state index < -0.39 is 17.3 Å². The molecule has 1 aliphatic heterocycles. The van der Waals surface area contributed by atoms with Crippen molar-refractivity contribution >= 4 is 11.9 Å². The highest BCUT2D eigenvalue weighted by Crippen LogP contribution is 2.34. The molecule has 0 unspecified atom stereocenters. The van der Waals surface area contributed by atoms with Crippen molar-refractivity contribution < 1.29 is 23.8 Å². The Labute approximate surface area is 243 Å². The van der Waals surface area contributed by atoms with Gasteiger partial charge in [0.25, 0.3) is 0 Å². The third-order valence-electron chi connectivity index (χ3n) is 6.14. The summed E-state index contributed by atoms with van der Waals surface area (Å²) in [6, 6.07) is 0. The van der Waals surface area contributed by atoms with E-state index in [1.54, 1.807) is 0 Å². The lowest BCUT2D eigenvalue weighted by molar-refractivity contribution is -0.304. The van der Waals surface area contributed by atoms with Gasteiger partial charge in [-0.15, -0.1) is 0 Å². The number of hydrogen-bond acceptors (Lipinski definition) is 5. The second-order valence-electron chi connectivity index (χ2n) is 11.0. The summed E-state index contributed by atoms with van der Waals surface area (Å²) in [6.07, 6.45) is 32.8. The number of hydrogen-bond donors (Lipinski definition) is 1. The Kier molecular flexibility index (Phi) is 18.6. The Morgan fingerprint density at radius 2 is 1.30 bits per heavy atom. The standard InChI is InChI=1S/C34H53NO5/c1-6-7-8-9-10-11-12-13-14-15-16-17-18-19-20-21-22-23-24-26-30(36)38-28-25-27-35-32(37)31-33(2,3)29-39-34(4,5)40-31/h7-8,10-11,13-14,16-17,19-20,22-23,31H,6,9,12,15,18,21,24-29H2,1-5H3,(H,35,37)/t31-/m1/s1. The molecular formula is C34H53NO5. The van der Waals surface area contributed by atoms with E-state index in [1.165, 1.54) is 0 Å². The molecule has 0 aromatic carbocycles. The fourth-order valence-electron chi connectivity index (χ4n) is 3.80. The molecule has 1 amide bonds. The van der Waals surface area contributed by atoms with Gasteiger partial charge in [-0.3, -0.25) is 9.59 Å². The van der Waals surface area contributed by atoms with Crippen molar-refractivity contribution in [3.05, 3.63) is 72.9 Å². The number of allylic oxidation sites excluding steroid dienone is 12. The second kappa shape index (κ2) is 21.1. The van der Waals surface area contributed by atoms with Gasteiger partial charge in [-0.2, -0.15) is 0 Å². The number of carbonyl (C=O) groups is 2. The molecule has 1 rings (SSSR count). The first-order valence-corrected chi connectivity index (χ1v) is 14.8. The minimum atomic E-state index is -0.781. The molecule has 0 bridgehead atoms. The zero-order chi connectivity index (χ0) is 29.5. The molecule has 1 fully saturated rings. The molecule has 6 heteroatoms. The van der Waals surface area contributed by atoms with E-state index in [9.17, 15) is 9.59 Å². The van der Waals surface area contributed by atoms with Crippen LogP contribution in [0, 0.1) is 5.41 Å². The number of carbonyl (C=O) groups excluding carboxylic acids is 2. The van der Waals surface area contributed by atoms with Crippen molar-refractivity contribution in [2.75, 3.05) is 19.8 Å². The van der Waals surface area contributed by atoms with E-state index in [-0.39, 0.29) is 18.5 Å². The maximum absolute atomic E-state index is 12.6. The first kappa shape index (κ1) is 35.3. The van der Waals surface area contributed by atoms with Crippen molar-refractivity contribution in [1.29, 1.82) is 0 Å². The average Bonchev–Trinajstić information content (AvgIpc) is 2.91. The van der Waals surface area contributed by atoms with Crippen molar-refractivity contribution in [1.82, 2.24) is 5.32 Å². The summed E-state index contributed by atoms with van der Waals surface area (Å²) < 4.78 is 16.8. The zero-order valence-electron chi connectivity index (χ0n) is 25.5. The largest absolute Gasteiger partial charge is 0.466 e. The fourth-order valence-corrected chi connectivity index (χ4v) is 3.80. The Hall–Kier alpha value is -2.70. The van der Waals surface area contributed by atoms with E-state index in [0.29, 0.717) is 32.4 Å². The molecular weight excluding hydrogens is 502 g/mol. The Morgan fingerprint density at radius 1 is 0.800 bits per heavy atom. The van der Waals surface area contributed by atoms with Crippen LogP contribution >= 0.6 is 0 Å². The van der Waals surface area contributed by atoms with Crippen molar-refractivity contribution in [3.63, 3.8) is 0 Å². The van der Waals surface area contributed by atoms with Gasteiger partial charge in [0.1, 0.15) is 6.10 Å². The number of nitrogens with one attached hydrogen (secondary N) is 1. The average molecular weight is 556 g/mol. The smallest absolute Gasteiger partial charge is 0.306 e. The predicted molar refractivity (Wildman–Crippen MR) is 165 cm³/mol. The highest BCUT2D eigenvalue weighted by atomic mass is 16.7. The summed E-state index contributed by atoms with van der Waals surface area (Å²) >= 11 is 0. The maximum atomic E-state index is 12.6. The molecule has 0 aromatic rings. The topological polar surface area (TPSA) is 73.9 Å². The molecule has 1 heterocycles. The van der Waals surface area contributed by atoms with Gasteiger partial charge in [0.2, 0.25) is 5.91 Å². The molecule has 40 heavy (non-hydrogen) atoms. The second-order valence-corrected chi connectivity index (χ2v) is 11.0. The normalized spacial score (nSPS) is 19.2. The van der Waals surface area contributed by atoms with Gasteiger partial charge in [0.05, 0.1) is 13.2 Å². The first-order valence-electron chi connectivity index (χ1n) is 14.8. The molecule has 1 N–H and O–H groups in total. The number of ether oxygens (including phenoxy) is 3. The van der Waals surface area contributed by atoms with Gasteiger partial charge < -0.3 is 19.5 Å². The van der Waals surface area contributed by atoms with Crippen LogP contribution in [0.15, 0.2) is 72.9 Å². The van der Waals surface area contributed by atoms with Crippen LogP contribution in [-0.4, -0.2) is 43.5 Å². The van der Waals surface area contributed by atoms with E-state index in [4.69, 9.17) is 14.2 Å². The minimum Gasteiger partial charge on any atom is -0.466 e. The minimum absolute atomic E-state index is 0.162. The summed E-state index contributed by atoms with van der Waals surface area (Å²) in [5.41, 5.74) is -0.409. The Morgan fingerprint density at radius 3 is 1.82 bits per heavy atom. The lowest BCUT2D eigenvalue weighted by atomic mass is 9.85. The molecule has 0 aromatic heterocycles. The van der Waals surface area contributed by atoms with E-state index >= 15 is 0 Å². The highest BCUT2D eigenvalue weighted by molar-refractivity contribution is 5.81. The van der Waals surface area contributed by atoms with Crippen LogP contribution in [0.2, 0.25) is 0 Å². The van der Waals surface area contributed by atoms with Gasteiger partial charge in [-0.25, -0.2) is 0 Å². The Balaban J connectivity index is 2.02. The predicted octanol–water partition coefficient (Wildman–Crippen LogP) is 7.69. The van der Waals surface area contributed by atoms with Crippen molar-refractivity contribution in [2.24, 2.45) is 5.41 Å². The van der Waals surface area contributed by atoms with E-state index in [1.807, 2.05) is 33.8 Å². The van der Waals surface area contributed by atoms with Crippen LogP contribution < -0.4 is 5.32 Å². The van der Waals surface area contributed by atoms with Crippen LogP contribution in [0.1, 0.15) is 92.4 Å².